The number of fused-ring (bicyclic) bond motifs is 1. The number of imidazole rings is 1. The lowest BCUT2D eigenvalue weighted by Crippen LogP contribution is -2.23. The summed E-state index contributed by atoms with van der Waals surface area (Å²) in [7, 11) is -7.10. The largest absolute Gasteiger partial charge is 0.368 e. The highest BCUT2D eigenvalue weighted by molar-refractivity contribution is 7.53. The smallest absolute Gasteiger partial charge is 0.356 e. The third-order valence-electron chi connectivity index (χ3n) is 5.36. The van der Waals surface area contributed by atoms with Gasteiger partial charge < -0.3 is 43.2 Å². The van der Waals surface area contributed by atoms with Crippen molar-refractivity contribution < 1.29 is 36.7 Å². The zero-order valence-corrected chi connectivity index (χ0v) is 27.1. The number of nitrogens with zero attached hydrogens (tertiary/aromatic N) is 4. The van der Waals surface area contributed by atoms with Gasteiger partial charge in [-0.1, -0.05) is 0 Å². The van der Waals surface area contributed by atoms with Crippen LogP contribution in [-0.4, -0.2) is 75.9 Å². The first kappa shape index (κ1) is 33.9. The number of nitrogen functional groups attached to an aromatic ring is 1. The van der Waals surface area contributed by atoms with Gasteiger partial charge in [0.1, 0.15) is 12.7 Å². The van der Waals surface area contributed by atoms with E-state index in [1.807, 2.05) is 0 Å². The van der Waals surface area contributed by atoms with Crippen molar-refractivity contribution in [1.82, 2.24) is 19.5 Å². The first-order valence-corrected chi connectivity index (χ1v) is 17.5. The van der Waals surface area contributed by atoms with E-state index in [9.17, 15) is 9.13 Å². The predicted octanol–water partition coefficient (Wildman–Crippen LogP) is 5.56. The Balaban J connectivity index is 1.84. The average Bonchev–Trinajstić information content (AvgIpc) is 3.51. The van der Waals surface area contributed by atoms with Gasteiger partial charge in [0.2, 0.25) is 5.95 Å². The van der Waals surface area contributed by atoms with Gasteiger partial charge in [0.25, 0.3) is 0 Å². The van der Waals surface area contributed by atoms with Gasteiger partial charge in [-0.05, 0) is 68.2 Å². The van der Waals surface area contributed by atoms with Crippen molar-refractivity contribution >= 4 is 38.1 Å². The monoisotopic (exact) mass is 620 g/mol. The van der Waals surface area contributed by atoms with Crippen LogP contribution in [0.5, 0.6) is 0 Å². The molecule has 14 nitrogen and oxygen atoms in total. The van der Waals surface area contributed by atoms with Crippen LogP contribution in [0.15, 0.2) is 6.33 Å². The highest BCUT2D eigenvalue weighted by atomic mass is 31.2. The van der Waals surface area contributed by atoms with E-state index in [1.165, 1.54) is 0 Å². The lowest BCUT2D eigenvalue weighted by molar-refractivity contribution is 0.0474. The number of hydrogen-bond acceptors (Lipinski definition) is 13. The summed E-state index contributed by atoms with van der Waals surface area (Å²) < 4.78 is 62.7. The average molecular weight is 621 g/mol. The first-order chi connectivity index (χ1) is 19.2. The molecule has 0 bridgehead atoms. The molecule has 1 aliphatic carbocycles. The number of ether oxygens (including phenoxy) is 2. The minimum atomic E-state index is -3.55. The van der Waals surface area contributed by atoms with Crippen LogP contribution in [0.3, 0.4) is 0 Å². The van der Waals surface area contributed by atoms with Crippen molar-refractivity contribution in [3.8, 4) is 0 Å². The lowest BCUT2D eigenvalue weighted by atomic mass is 10.3. The SMILES string of the molecule is CC(C)OP(=O)(COCC(COCP(=O)(OC(C)C)OC(C)C)n1cnc2c(NC3CC3)nc(N)nc21)OC(C)C. The molecule has 2 aromatic rings. The van der Waals surface area contributed by atoms with Gasteiger partial charge in [-0.3, -0.25) is 9.13 Å². The summed E-state index contributed by atoms with van der Waals surface area (Å²) >= 11 is 0. The molecule has 41 heavy (non-hydrogen) atoms. The minimum Gasteiger partial charge on any atom is -0.368 e. The van der Waals surface area contributed by atoms with E-state index in [-0.39, 0.29) is 56.3 Å². The summed E-state index contributed by atoms with van der Waals surface area (Å²) in [6.07, 6.45) is 1.83. The van der Waals surface area contributed by atoms with E-state index >= 15 is 0 Å². The van der Waals surface area contributed by atoms with E-state index in [1.54, 1.807) is 66.3 Å². The summed E-state index contributed by atoms with van der Waals surface area (Å²) in [6.45, 7) is 14.3. The summed E-state index contributed by atoms with van der Waals surface area (Å²) in [4.78, 5) is 13.3. The van der Waals surface area contributed by atoms with Gasteiger partial charge in [0.05, 0.1) is 50.0 Å². The van der Waals surface area contributed by atoms with E-state index in [2.05, 4.69) is 20.3 Å². The maximum absolute atomic E-state index is 13.3. The van der Waals surface area contributed by atoms with Crippen LogP contribution in [0.1, 0.15) is 74.3 Å². The van der Waals surface area contributed by atoms with E-state index in [4.69, 9.17) is 33.3 Å². The second kappa shape index (κ2) is 14.7. The molecule has 3 N–H and O–H groups in total. The fraction of sp³-hybridized carbons (Fsp3) is 0.800. The minimum absolute atomic E-state index is 0.0219. The maximum Gasteiger partial charge on any atom is 0.356 e. The molecule has 3 rings (SSSR count). The van der Waals surface area contributed by atoms with Crippen LogP contribution in [0.25, 0.3) is 11.2 Å². The van der Waals surface area contributed by atoms with Crippen LogP contribution in [0.2, 0.25) is 0 Å². The molecule has 2 heterocycles. The Morgan fingerprint density at radius 1 is 0.854 bits per heavy atom. The highest BCUT2D eigenvalue weighted by Crippen LogP contribution is 2.51. The Kier molecular flexibility index (Phi) is 12.1. The first-order valence-electron chi connectivity index (χ1n) is 14.0. The molecule has 0 radical (unpaired) electrons. The van der Waals surface area contributed by atoms with Crippen molar-refractivity contribution in [2.75, 3.05) is 37.0 Å². The third kappa shape index (κ3) is 10.9. The van der Waals surface area contributed by atoms with Gasteiger partial charge in [0, 0.05) is 6.04 Å². The quantitative estimate of drug-likeness (QED) is 0.187. The topological polar surface area (TPSA) is 171 Å². The van der Waals surface area contributed by atoms with Crippen LogP contribution in [0, 0.1) is 0 Å². The normalized spacial score (nSPS) is 15.0. The Labute approximate surface area is 242 Å². The molecule has 0 saturated heterocycles. The lowest BCUT2D eigenvalue weighted by Gasteiger charge is -2.26. The van der Waals surface area contributed by atoms with Gasteiger partial charge in [-0.25, -0.2) is 4.98 Å². The zero-order chi connectivity index (χ0) is 30.4. The van der Waals surface area contributed by atoms with Crippen LogP contribution in [0.4, 0.5) is 11.8 Å². The highest BCUT2D eigenvalue weighted by Gasteiger charge is 2.32. The molecule has 16 heteroatoms. The molecule has 0 atom stereocenters. The second-order valence-electron chi connectivity index (χ2n) is 11.2. The molecule has 2 aromatic heterocycles. The van der Waals surface area contributed by atoms with Crippen molar-refractivity contribution in [3.05, 3.63) is 6.33 Å². The maximum atomic E-state index is 13.3. The van der Waals surface area contributed by atoms with E-state index < -0.39 is 21.2 Å². The summed E-state index contributed by atoms with van der Waals surface area (Å²) in [5.74, 6) is 0.637. The molecular formula is C25H46N6O8P2. The van der Waals surface area contributed by atoms with Crippen molar-refractivity contribution in [3.63, 3.8) is 0 Å². The summed E-state index contributed by atoms with van der Waals surface area (Å²) in [5, 5.41) is 3.34. The van der Waals surface area contributed by atoms with Crippen LogP contribution >= 0.6 is 15.2 Å². The van der Waals surface area contributed by atoms with Crippen molar-refractivity contribution in [2.24, 2.45) is 0 Å². The van der Waals surface area contributed by atoms with Crippen molar-refractivity contribution in [1.29, 1.82) is 0 Å². The molecule has 1 fully saturated rings. The summed E-state index contributed by atoms with van der Waals surface area (Å²) in [6, 6.07) is -0.214. The standard InChI is InChI=1S/C25H46N6O8P2/c1-16(2)36-40(32,37-17(3)4)14-34-11-21(12-35-15-41(33,38-18(5)6)39-19(7)8)31-13-27-22-23(28-20-9-10-20)29-25(26)30-24(22)31/h13,16-21H,9-12,14-15H2,1-8H3,(H3,26,28,29,30). The van der Waals surface area contributed by atoms with E-state index in [0.717, 1.165) is 12.8 Å². The molecule has 0 spiro atoms. The molecule has 0 unspecified atom stereocenters. The number of rotatable bonds is 19. The molecule has 1 saturated carbocycles. The van der Waals surface area contributed by atoms with E-state index in [0.29, 0.717) is 23.0 Å². The van der Waals surface area contributed by atoms with Crippen LogP contribution in [-0.2, 0) is 36.7 Å². The third-order valence-corrected chi connectivity index (χ3v) is 9.32. The van der Waals surface area contributed by atoms with Gasteiger partial charge in [-0.15, -0.1) is 0 Å². The molecule has 1 aliphatic rings. The fourth-order valence-corrected chi connectivity index (χ4v) is 7.56. The number of aromatic nitrogens is 4. The van der Waals surface area contributed by atoms with Gasteiger partial charge >= 0.3 is 15.2 Å². The number of nitrogens with two attached hydrogens (primary N) is 1. The fourth-order valence-electron chi connectivity index (χ4n) is 3.99. The molecule has 0 aliphatic heterocycles. The number of anilines is 2. The number of nitrogens with one attached hydrogen (secondary N) is 1. The Bertz CT molecular complexity index is 1150. The Hall–Kier alpha value is -1.63. The molecule has 234 valence electrons. The second-order valence-corrected chi connectivity index (χ2v) is 15.0. The predicted molar refractivity (Wildman–Crippen MR) is 157 cm³/mol. The zero-order valence-electron chi connectivity index (χ0n) is 25.3. The number of hydrogen-bond donors (Lipinski definition) is 2. The van der Waals surface area contributed by atoms with Crippen molar-refractivity contribution in [2.45, 2.75) is 105 Å². The van der Waals surface area contributed by atoms with Gasteiger partial charge in [0.15, 0.2) is 17.0 Å². The Morgan fingerprint density at radius 3 is 1.73 bits per heavy atom. The summed E-state index contributed by atoms with van der Waals surface area (Å²) in [5.41, 5.74) is 7.06. The molecule has 0 aromatic carbocycles. The molecular weight excluding hydrogens is 574 g/mol. The van der Waals surface area contributed by atoms with Gasteiger partial charge in [-0.2, -0.15) is 9.97 Å². The Morgan fingerprint density at radius 2 is 1.32 bits per heavy atom. The molecule has 0 amide bonds. The van der Waals surface area contributed by atoms with Crippen LogP contribution < -0.4 is 11.1 Å².